The summed E-state index contributed by atoms with van der Waals surface area (Å²) in [7, 11) is 0. The molecule has 0 bridgehead atoms. The van der Waals surface area contributed by atoms with E-state index in [0.717, 1.165) is 75.4 Å². The first-order valence-electron chi connectivity index (χ1n) is 11.4. The number of nitrogens with one attached hydrogen (secondary N) is 1. The Morgan fingerprint density at radius 1 is 1.21 bits per heavy atom. The molecule has 2 aliphatic rings. The Morgan fingerprint density at radius 3 is 3.00 bits per heavy atom. The number of aliphatic hydroxyl groups is 1. The summed E-state index contributed by atoms with van der Waals surface area (Å²) in [6.07, 6.45) is 3.27. The molecular weight excluding hydrogens is 438 g/mol. The summed E-state index contributed by atoms with van der Waals surface area (Å²) < 4.78 is 12.2. The van der Waals surface area contributed by atoms with Gasteiger partial charge in [0.15, 0.2) is 11.9 Å². The maximum Gasteiger partial charge on any atom is 0.182 e. The average molecular weight is 462 g/mol. The van der Waals surface area contributed by atoms with Gasteiger partial charge in [-0.15, -0.1) is 0 Å². The fourth-order valence-electron chi connectivity index (χ4n) is 4.93. The number of aliphatic hydroxyl groups excluding tert-OH is 1. The lowest BCUT2D eigenvalue weighted by Crippen LogP contribution is -2.24. The minimum Gasteiger partial charge on any atom is -0.481 e. The van der Waals surface area contributed by atoms with E-state index in [-0.39, 0.29) is 6.10 Å². The van der Waals surface area contributed by atoms with E-state index in [2.05, 4.69) is 15.5 Å². The van der Waals surface area contributed by atoms with Crippen molar-refractivity contribution in [3.05, 3.63) is 75.8 Å². The molecule has 0 aliphatic carbocycles. The Balaban J connectivity index is 1.43. The van der Waals surface area contributed by atoms with Crippen molar-refractivity contribution >= 4 is 22.5 Å². The summed E-state index contributed by atoms with van der Waals surface area (Å²) in [5, 5.41) is 19.6. The summed E-state index contributed by atoms with van der Waals surface area (Å²) in [6.45, 7) is 3.62. The van der Waals surface area contributed by atoms with Gasteiger partial charge in [0.1, 0.15) is 5.75 Å². The minimum atomic E-state index is -0.498. The molecule has 2 atom stereocenters. The first-order valence-corrected chi connectivity index (χ1v) is 11.7. The average Bonchev–Trinajstić information content (AvgIpc) is 3.46. The van der Waals surface area contributed by atoms with Crippen molar-refractivity contribution < 1.29 is 14.4 Å². The standard InChI is InChI=1S/C26H24ClN3O3/c1-2-23(31)14-3-4-18-17(5-8-29-22(18)10-14)19-12-16(27)9-15-11-24(32-25(15)19)26-20-13-28-7-6-21(20)30-33-26/h3-5,8-10,12,23-24,28,31H,2,6-7,11,13H2,1H3. The third kappa shape index (κ3) is 3.50. The van der Waals surface area contributed by atoms with Gasteiger partial charge in [0.25, 0.3) is 0 Å². The van der Waals surface area contributed by atoms with Gasteiger partial charge in [0.2, 0.25) is 0 Å². The van der Waals surface area contributed by atoms with E-state index in [0.29, 0.717) is 17.9 Å². The van der Waals surface area contributed by atoms with Gasteiger partial charge in [0, 0.05) is 59.2 Å². The zero-order chi connectivity index (χ0) is 22.5. The molecule has 6 rings (SSSR count). The van der Waals surface area contributed by atoms with Gasteiger partial charge < -0.3 is 19.7 Å². The van der Waals surface area contributed by atoms with Crippen molar-refractivity contribution in [3.8, 4) is 16.9 Å². The highest BCUT2D eigenvalue weighted by Crippen LogP contribution is 2.47. The molecule has 0 radical (unpaired) electrons. The van der Waals surface area contributed by atoms with E-state index >= 15 is 0 Å². The van der Waals surface area contributed by atoms with Crippen LogP contribution in [0.2, 0.25) is 5.02 Å². The van der Waals surface area contributed by atoms with E-state index in [1.807, 2.05) is 43.3 Å². The van der Waals surface area contributed by atoms with E-state index in [1.165, 1.54) is 0 Å². The third-order valence-corrected chi connectivity index (χ3v) is 6.88. The number of rotatable bonds is 4. The summed E-state index contributed by atoms with van der Waals surface area (Å²) in [5.74, 6) is 1.62. The summed E-state index contributed by atoms with van der Waals surface area (Å²) >= 11 is 6.55. The predicted octanol–water partition coefficient (Wildman–Crippen LogP) is 5.31. The lowest BCUT2D eigenvalue weighted by Gasteiger charge is -2.16. The van der Waals surface area contributed by atoms with Crippen LogP contribution in [0, 0.1) is 0 Å². The third-order valence-electron chi connectivity index (χ3n) is 6.66. The molecule has 7 heteroatoms. The van der Waals surface area contributed by atoms with E-state index in [1.54, 1.807) is 6.20 Å². The molecule has 4 aromatic rings. The molecule has 2 aromatic heterocycles. The lowest BCUT2D eigenvalue weighted by atomic mass is 9.95. The first kappa shape index (κ1) is 20.7. The van der Waals surface area contributed by atoms with Gasteiger partial charge in [-0.3, -0.25) is 4.98 Å². The number of halogens is 1. The topological polar surface area (TPSA) is 80.4 Å². The second-order valence-electron chi connectivity index (χ2n) is 8.71. The monoisotopic (exact) mass is 461 g/mol. The van der Waals surface area contributed by atoms with Crippen LogP contribution >= 0.6 is 11.6 Å². The maximum absolute atomic E-state index is 10.3. The van der Waals surface area contributed by atoms with Crippen LogP contribution in [0.5, 0.6) is 5.75 Å². The molecule has 2 aliphatic heterocycles. The van der Waals surface area contributed by atoms with Crippen LogP contribution in [-0.2, 0) is 19.4 Å². The van der Waals surface area contributed by atoms with Crippen LogP contribution in [0.4, 0.5) is 0 Å². The Hall–Kier alpha value is -2.93. The Morgan fingerprint density at radius 2 is 2.12 bits per heavy atom. The summed E-state index contributed by atoms with van der Waals surface area (Å²) in [6, 6.07) is 11.8. The fraction of sp³-hybridized carbons (Fsp3) is 0.308. The van der Waals surface area contributed by atoms with Crippen LogP contribution in [0.25, 0.3) is 22.0 Å². The zero-order valence-electron chi connectivity index (χ0n) is 18.3. The van der Waals surface area contributed by atoms with Crippen molar-refractivity contribution in [1.29, 1.82) is 0 Å². The van der Waals surface area contributed by atoms with Crippen LogP contribution in [0.3, 0.4) is 0 Å². The highest BCUT2D eigenvalue weighted by Gasteiger charge is 2.34. The van der Waals surface area contributed by atoms with Gasteiger partial charge >= 0.3 is 0 Å². The molecule has 0 saturated heterocycles. The number of pyridine rings is 1. The van der Waals surface area contributed by atoms with Crippen molar-refractivity contribution in [2.24, 2.45) is 0 Å². The molecule has 33 heavy (non-hydrogen) atoms. The molecule has 168 valence electrons. The van der Waals surface area contributed by atoms with Crippen molar-refractivity contribution in [2.75, 3.05) is 6.54 Å². The summed E-state index contributed by atoms with van der Waals surface area (Å²) in [5.41, 5.74) is 6.82. The van der Waals surface area contributed by atoms with E-state index in [4.69, 9.17) is 20.9 Å². The van der Waals surface area contributed by atoms with Crippen molar-refractivity contribution in [1.82, 2.24) is 15.5 Å². The Labute approximate surface area is 196 Å². The molecule has 2 unspecified atom stereocenters. The van der Waals surface area contributed by atoms with E-state index < -0.39 is 6.10 Å². The number of nitrogens with zero attached hydrogens (tertiary/aromatic N) is 2. The van der Waals surface area contributed by atoms with Crippen molar-refractivity contribution in [2.45, 2.75) is 44.9 Å². The van der Waals surface area contributed by atoms with Crippen LogP contribution < -0.4 is 10.1 Å². The maximum atomic E-state index is 10.3. The van der Waals surface area contributed by atoms with Gasteiger partial charge in [-0.25, -0.2) is 0 Å². The quantitative estimate of drug-likeness (QED) is 0.428. The molecule has 0 fully saturated rings. The van der Waals surface area contributed by atoms with Crippen LogP contribution in [0.15, 0.2) is 47.1 Å². The molecule has 4 heterocycles. The van der Waals surface area contributed by atoms with Crippen LogP contribution in [-0.4, -0.2) is 21.8 Å². The van der Waals surface area contributed by atoms with Gasteiger partial charge in [0.05, 0.1) is 17.3 Å². The molecule has 0 spiro atoms. The summed E-state index contributed by atoms with van der Waals surface area (Å²) in [4.78, 5) is 4.55. The highest BCUT2D eigenvalue weighted by molar-refractivity contribution is 6.31. The van der Waals surface area contributed by atoms with E-state index in [9.17, 15) is 5.11 Å². The minimum absolute atomic E-state index is 0.229. The number of benzene rings is 2. The number of ether oxygens (including phenoxy) is 1. The predicted molar refractivity (Wildman–Crippen MR) is 126 cm³/mol. The zero-order valence-corrected chi connectivity index (χ0v) is 19.0. The fourth-order valence-corrected chi connectivity index (χ4v) is 5.17. The van der Waals surface area contributed by atoms with Crippen molar-refractivity contribution in [3.63, 3.8) is 0 Å². The number of hydrogen-bond donors (Lipinski definition) is 2. The second-order valence-corrected chi connectivity index (χ2v) is 9.15. The first-order chi connectivity index (χ1) is 16.1. The molecular formula is C26H24ClN3O3. The Bertz CT molecular complexity index is 1370. The number of hydrogen-bond acceptors (Lipinski definition) is 6. The molecule has 6 nitrogen and oxygen atoms in total. The van der Waals surface area contributed by atoms with Gasteiger partial charge in [-0.1, -0.05) is 35.8 Å². The SMILES string of the molecule is CCC(O)c1ccc2c(-c3cc(Cl)cc4c3OC(c3onc5c3CNCC5)C4)ccnc2c1. The van der Waals surface area contributed by atoms with Gasteiger partial charge in [-0.05, 0) is 41.8 Å². The van der Waals surface area contributed by atoms with Crippen LogP contribution in [0.1, 0.15) is 53.7 Å². The largest absolute Gasteiger partial charge is 0.481 e. The number of aromatic nitrogens is 2. The lowest BCUT2D eigenvalue weighted by molar-refractivity contribution is 0.174. The normalized spacial score (nSPS) is 18.1. The molecule has 2 aromatic carbocycles. The molecule has 0 saturated carbocycles. The molecule has 2 N–H and O–H groups in total. The molecule has 0 amide bonds. The number of fused-ring (bicyclic) bond motifs is 3. The highest BCUT2D eigenvalue weighted by atomic mass is 35.5. The Kier molecular flexibility index (Phi) is 5.09. The smallest absolute Gasteiger partial charge is 0.182 e. The van der Waals surface area contributed by atoms with Gasteiger partial charge in [-0.2, -0.15) is 0 Å². The second kappa shape index (κ2) is 8.13.